The molecule has 0 unspecified atom stereocenters. The lowest BCUT2D eigenvalue weighted by Crippen LogP contribution is -2.23. The van der Waals surface area contributed by atoms with E-state index in [-0.39, 0.29) is 5.91 Å². The van der Waals surface area contributed by atoms with Crippen LogP contribution in [0.2, 0.25) is 0 Å². The number of hydrogen-bond donors (Lipinski definition) is 1. The molecule has 3 aromatic carbocycles. The van der Waals surface area contributed by atoms with Crippen molar-refractivity contribution in [2.45, 2.75) is 20.1 Å². The average Bonchev–Trinajstić information content (AvgIpc) is 2.67. The molecule has 0 radical (unpaired) electrons. The molecule has 0 aliphatic rings. The molecule has 0 aliphatic carbocycles. The van der Waals surface area contributed by atoms with E-state index in [4.69, 9.17) is 4.74 Å². The van der Waals surface area contributed by atoms with Gasteiger partial charge in [0.2, 0.25) is 0 Å². The Bertz CT molecular complexity index is 891. The van der Waals surface area contributed by atoms with Crippen molar-refractivity contribution in [3.63, 3.8) is 0 Å². The molecule has 0 saturated heterocycles. The van der Waals surface area contributed by atoms with Crippen molar-refractivity contribution in [3.05, 3.63) is 99.5 Å². The van der Waals surface area contributed by atoms with Crippen LogP contribution < -0.4 is 10.1 Å². The minimum absolute atomic E-state index is 0.145. The molecule has 1 N–H and O–H groups in total. The number of nitrogens with one attached hydrogen (secondary N) is 1. The quantitative estimate of drug-likeness (QED) is 0.602. The van der Waals surface area contributed by atoms with Crippen molar-refractivity contribution in [3.8, 4) is 5.75 Å². The molecule has 0 aromatic heterocycles. The molecule has 132 valence electrons. The van der Waals surface area contributed by atoms with Gasteiger partial charge in [-0.2, -0.15) is 0 Å². The number of carbonyl (C=O) groups excluding carboxylic acids is 1. The third-order valence-electron chi connectivity index (χ3n) is 4.05. The maximum absolute atomic E-state index is 12.6. The fourth-order valence-corrected chi connectivity index (χ4v) is 2.93. The molecule has 0 bridgehead atoms. The Balaban J connectivity index is 1.67. The fraction of sp³-hybridized carbons (Fsp3) is 0.136. The molecule has 0 saturated carbocycles. The lowest BCUT2D eigenvalue weighted by Gasteiger charge is -2.12. The molecule has 26 heavy (non-hydrogen) atoms. The van der Waals surface area contributed by atoms with Crippen molar-refractivity contribution in [1.29, 1.82) is 0 Å². The maximum atomic E-state index is 12.6. The van der Waals surface area contributed by atoms with Gasteiger partial charge in [0.05, 0.1) is 5.56 Å². The van der Waals surface area contributed by atoms with Crippen molar-refractivity contribution < 1.29 is 9.53 Å². The summed E-state index contributed by atoms with van der Waals surface area (Å²) < 4.78 is 6.89. The summed E-state index contributed by atoms with van der Waals surface area (Å²) in [4.78, 5) is 12.6. The molecule has 3 rings (SSSR count). The van der Waals surface area contributed by atoms with Crippen molar-refractivity contribution >= 4 is 21.8 Å². The fourth-order valence-electron chi connectivity index (χ4n) is 2.53. The first kappa shape index (κ1) is 18.2. The van der Waals surface area contributed by atoms with Crippen LogP contribution in [0.1, 0.15) is 27.0 Å². The summed E-state index contributed by atoms with van der Waals surface area (Å²) in [5, 5.41) is 2.96. The van der Waals surface area contributed by atoms with Gasteiger partial charge in [0.15, 0.2) is 0 Å². The van der Waals surface area contributed by atoms with Crippen LogP contribution in [0.4, 0.5) is 0 Å². The van der Waals surface area contributed by atoms with Gasteiger partial charge in [-0.1, -0.05) is 76.1 Å². The summed E-state index contributed by atoms with van der Waals surface area (Å²) in [6, 6.07) is 23.3. The highest BCUT2D eigenvalue weighted by Gasteiger charge is 2.12. The highest BCUT2D eigenvalue weighted by Crippen LogP contribution is 2.22. The molecule has 0 spiro atoms. The van der Waals surface area contributed by atoms with E-state index in [0.717, 1.165) is 15.6 Å². The van der Waals surface area contributed by atoms with Gasteiger partial charge in [-0.25, -0.2) is 0 Å². The molecule has 0 fully saturated rings. The Kier molecular flexibility index (Phi) is 6.08. The molecule has 0 heterocycles. The van der Waals surface area contributed by atoms with Crippen LogP contribution in [0.5, 0.6) is 5.75 Å². The molecular formula is C22H20BrNO2. The summed E-state index contributed by atoms with van der Waals surface area (Å²) in [5.74, 6) is 0.429. The SMILES string of the molecule is Cc1ccc(CNC(=O)c2ccccc2OCc2ccccc2Br)cc1. The number of halogens is 1. The van der Waals surface area contributed by atoms with Gasteiger partial charge in [0, 0.05) is 16.6 Å². The zero-order chi connectivity index (χ0) is 18.4. The van der Waals surface area contributed by atoms with E-state index in [0.29, 0.717) is 24.5 Å². The number of aryl methyl sites for hydroxylation is 1. The molecule has 0 atom stereocenters. The minimum Gasteiger partial charge on any atom is -0.488 e. The highest BCUT2D eigenvalue weighted by atomic mass is 79.9. The van der Waals surface area contributed by atoms with Crippen LogP contribution in [-0.2, 0) is 13.2 Å². The molecule has 4 heteroatoms. The van der Waals surface area contributed by atoms with Crippen LogP contribution in [-0.4, -0.2) is 5.91 Å². The topological polar surface area (TPSA) is 38.3 Å². The monoisotopic (exact) mass is 409 g/mol. The van der Waals surface area contributed by atoms with Crippen LogP contribution in [0.25, 0.3) is 0 Å². The summed E-state index contributed by atoms with van der Waals surface area (Å²) >= 11 is 3.51. The maximum Gasteiger partial charge on any atom is 0.255 e. The largest absolute Gasteiger partial charge is 0.488 e. The van der Waals surface area contributed by atoms with Gasteiger partial charge in [-0.3, -0.25) is 4.79 Å². The molecule has 3 nitrogen and oxygen atoms in total. The lowest BCUT2D eigenvalue weighted by molar-refractivity contribution is 0.0946. The Morgan fingerprint density at radius 2 is 1.65 bits per heavy atom. The number of amides is 1. The van der Waals surface area contributed by atoms with E-state index < -0.39 is 0 Å². The minimum atomic E-state index is -0.145. The third kappa shape index (κ3) is 4.73. The van der Waals surface area contributed by atoms with E-state index in [2.05, 4.69) is 21.2 Å². The second-order valence-corrected chi connectivity index (χ2v) is 6.90. The average molecular weight is 410 g/mol. The normalized spacial score (nSPS) is 10.4. The van der Waals surface area contributed by atoms with Gasteiger partial charge in [0.25, 0.3) is 5.91 Å². The first-order valence-electron chi connectivity index (χ1n) is 8.42. The number of carbonyl (C=O) groups is 1. The number of hydrogen-bond acceptors (Lipinski definition) is 2. The van der Waals surface area contributed by atoms with E-state index in [1.165, 1.54) is 5.56 Å². The second kappa shape index (κ2) is 8.68. The number of rotatable bonds is 6. The van der Waals surface area contributed by atoms with E-state index in [1.807, 2.05) is 73.7 Å². The Morgan fingerprint density at radius 3 is 2.42 bits per heavy atom. The van der Waals surface area contributed by atoms with Gasteiger partial charge < -0.3 is 10.1 Å². The number of benzene rings is 3. The zero-order valence-corrected chi connectivity index (χ0v) is 16.1. The Morgan fingerprint density at radius 1 is 0.962 bits per heavy atom. The summed E-state index contributed by atoms with van der Waals surface area (Å²) in [7, 11) is 0. The van der Waals surface area contributed by atoms with Gasteiger partial charge in [-0.05, 0) is 30.7 Å². The van der Waals surface area contributed by atoms with Crippen LogP contribution in [0.3, 0.4) is 0 Å². The number of para-hydroxylation sites is 1. The van der Waals surface area contributed by atoms with Crippen LogP contribution in [0.15, 0.2) is 77.3 Å². The highest BCUT2D eigenvalue weighted by molar-refractivity contribution is 9.10. The predicted octanol–water partition coefficient (Wildman–Crippen LogP) is 5.27. The van der Waals surface area contributed by atoms with Crippen LogP contribution >= 0.6 is 15.9 Å². The first-order chi connectivity index (χ1) is 12.6. The van der Waals surface area contributed by atoms with E-state index in [1.54, 1.807) is 6.07 Å². The Labute approximate surface area is 162 Å². The summed E-state index contributed by atoms with van der Waals surface area (Å²) in [6.07, 6.45) is 0. The molecule has 0 aliphatic heterocycles. The van der Waals surface area contributed by atoms with Gasteiger partial charge in [0.1, 0.15) is 12.4 Å². The summed E-state index contributed by atoms with van der Waals surface area (Å²) in [6.45, 7) is 2.92. The standard InChI is InChI=1S/C22H20BrNO2/c1-16-10-12-17(13-11-16)14-24-22(25)19-7-3-5-9-21(19)26-15-18-6-2-4-8-20(18)23/h2-13H,14-15H2,1H3,(H,24,25). The first-order valence-corrected chi connectivity index (χ1v) is 9.22. The zero-order valence-electron chi connectivity index (χ0n) is 14.5. The second-order valence-electron chi connectivity index (χ2n) is 6.04. The van der Waals surface area contributed by atoms with Crippen molar-refractivity contribution in [2.75, 3.05) is 0 Å². The van der Waals surface area contributed by atoms with E-state index >= 15 is 0 Å². The van der Waals surface area contributed by atoms with Gasteiger partial charge in [-0.15, -0.1) is 0 Å². The number of ether oxygens (including phenoxy) is 1. The van der Waals surface area contributed by atoms with E-state index in [9.17, 15) is 4.79 Å². The molecular weight excluding hydrogens is 390 g/mol. The van der Waals surface area contributed by atoms with Crippen molar-refractivity contribution in [2.24, 2.45) is 0 Å². The predicted molar refractivity (Wildman–Crippen MR) is 107 cm³/mol. The Hall–Kier alpha value is -2.59. The lowest BCUT2D eigenvalue weighted by atomic mass is 10.1. The summed E-state index contributed by atoms with van der Waals surface area (Å²) in [5.41, 5.74) is 3.83. The smallest absolute Gasteiger partial charge is 0.255 e. The molecule has 3 aromatic rings. The van der Waals surface area contributed by atoms with Crippen molar-refractivity contribution in [1.82, 2.24) is 5.32 Å². The third-order valence-corrected chi connectivity index (χ3v) is 4.82. The molecule has 1 amide bonds. The van der Waals surface area contributed by atoms with Gasteiger partial charge >= 0.3 is 0 Å². The van der Waals surface area contributed by atoms with Crippen LogP contribution in [0, 0.1) is 6.92 Å².